The number of nitrogens with one attached hydrogen (secondary N) is 1. The van der Waals surface area contributed by atoms with E-state index in [1.807, 2.05) is 25.2 Å². The van der Waals surface area contributed by atoms with Gasteiger partial charge in [-0.15, -0.1) is 0 Å². The zero-order chi connectivity index (χ0) is 12.4. The average Bonchev–Trinajstić information content (AvgIpc) is 2.76. The number of hydrogen-bond donors (Lipinski definition) is 2. The highest BCUT2D eigenvalue weighted by Crippen LogP contribution is 2.29. The Kier molecular flexibility index (Phi) is 3.69. The second-order valence-electron chi connectivity index (χ2n) is 4.22. The first-order valence-corrected chi connectivity index (χ1v) is 6.43. The molecule has 1 aliphatic heterocycles. The van der Waals surface area contributed by atoms with Crippen molar-refractivity contribution in [2.45, 2.75) is 12.5 Å². The Labute approximate surface area is 109 Å². The normalized spacial score (nSPS) is 19.6. The van der Waals surface area contributed by atoms with Crippen LogP contribution in [0, 0.1) is 0 Å². The first-order valence-electron chi connectivity index (χ1n) is 5.64. The van der Waals surface area contributed by atoms with Crippen molar-refractivity contribution in [3.8, 4) is 0 Å². The molecule has 1 atom stereocenters. The van der Waals surface area contributed by atoms with Crippen LogP contribution in [0.2, 0.25) is 0 Å². The van der Waals surface area contributed by atoms with Gasteiger partial charge in [0.1, 0.15) is 0 Å². The highest BCUT2D eigenvalue weighted by atomic mass is 79.9. The fourth-order valence-electron chi connectivity index (χ4n) is 2.23. The molecule has 0 bridgehead atoms. The quantitative estimate of drug-likeness (QED) is 0.885. The number of primary amides is 1. The summed E-state index contributed by atoms with van der Waals surface area (Å²) >= 11 is 3.38. The number of amides is 1. The lowest BCUT2D eigenvalue weighted by Gasteiger charge is -2.21. The molecule has 1 heterocycles. The number of carbonyl (C=O) groups is 1. The Balaban J connectivity index is 2.33. The molecule has 1 aliphatic rings. The maximum atomic E-state index is 11.5. The van der Waals surface area contributed by atoms with E-state index in [9.17, 15) is 4.79 Å². The molecular formula is C12H16BrN3O. The van der Waals surface area contributed by atoms with Crippen LogP contribution in [0.1, 0.15) is 16.8 Å². The largest absolute Gasteiger partial charge is 0.369 e. The topological polar surface area (TPSA) is 58.4 Å². The number of carbonyl (C=O) groups excluding carboxylic acids is 1. The SMILES string of the molecule is CNC1CCN(c2cccc(Br)c2C(N)=O)C1. The van der Waals surface area contributed by atoms with E-state index in [4.69, 9.17) is 5.73 Å². The second kappa shape index (κ2) is 5.06. The number of anilines is 1. The first kappa shape index (κ1) is 12.4. The predicted molar refractivity (Wildman–Crippen MR) is 72.3 cm³/mol. The van der Waals surface area contributed by atoms with E-state index in [1.165, 1.54) is 0 Å². The van der Waals surface area contributed by atoms with Crippen LogP contribution in [-0.2, 0) is 0 Å². The van der Waals surface area contributed by atoms with Gasteiger partial charge in [-0.25, -0.2) is 0 Å². The summed E-state index contributed by atoms with van der Waals surface area (Å²) in [5.74, 6) is -0.389. The van der Waals surface area contributed by atoms with Crippen molar-refractivity contribution in [1.82, 2.24) is 5.32 Å². The monoisotopic (exact) mass is 297 g/mol. The third-order valence-electron chi connectivity index (χ3n) is 3.18. The van der Waals surface area contributed by atoms with Gasteiger partial charge in [0.2, 0.25) is 0 Å². The summed E-state index contributed by atoms with van der Waals surface area (Å²) in [4.78, 5) is 13.7. The van der Waals surface area contributed by atoms with Crippen LogP contribution in [0.15, 0.2) is 22.7 Å². The Morgan fingerprint density at radius 3 is 2.94 bits per heavy atom. The number of nitrogens with zero attached hydrogens (tertiary/aromatic N) is 1. The van der Waals surface area contributed by atoms with Crippen LogP contribution in [0.3, 0.4) is 0 Å². The minimum Gasteiger partial charge on any atom is -0.369 e. The molecule has 3 N–H and O–H groups in total. The molecule has 0 spiro atoms. The molecule has 1 unspecified atom stereocenters. The number of benzene rings is 1. The van der Waals surface area contributed by atoms with Crippen molar-refractivity contribution in [3.05, 3.63) is 28.2 Å². The van der Waals surface area contributed by atoms with Crippen LogP contribution in [0.4, 0.5) is 5.69 Å². The molecule has 0 radical (unpaired) electrons. The van der Waals surface area contributed by atoms with Gasteiger partial charge in [-0.2, -0.15) is 0 Å². The van der Waals surface area contributed by atoms with E-state index in [1.54, 1.807) is 0 Å². The fraction of sp³-hybridized carbons (Fsp3) is 0.417. The number of halogens is 1. The molecule has 1 saturated heterocycles. The zero-order valence-corrected chi connectivity index (χ0v) is 11.3. The van der Waals surface area contributed by atoms with Crippen molar-refractivity contribution < 1.29 is 4.79 Å². The summed E-state index contributed by atoms with van der Waals surface area (Å²) in [5, 5.41) is 3.26. The summed E-state index contributed by atoms with van der Waals surface area (Å²) in [6.07, 6.45) is 1.08. The lowest BCUT2D eigenvalue weighted by atomic mass is 10.1. The molecule has 1 aromatic carbocycles. The third kappa shape index (κ3) is 2.45. The lowest BCUT2D eigenvalue weighted by molar-refractivity contribution is 0.1000. The lowest BCUT2D eigenvalue weighted by Crippen LogP contribution is -2.30. The Bertz CT molecular complexity index is 436. The molecule has 0 saturated carbocycles. The molecule has 5 heteroatoms. The van der Waals surface area contributed by atoms with E-state index in [2.05, 4.69) is 26.1 Å². The van der Waals surface area contributed by atoms with Crippen molar-refractivity contribution in [2.24, 2.45) is 5.73 Å². The van der Waals surface area contributed by atoms with E-state index in [-0.39, 0.29) is 5.91 Å². The van der Waals surface area contributed by atoms with Crippen molar-refractivity contribution in [1.29, 1.82) is 0 Å². The molecule has 17 heavy (non-hydrogen) atoms. The molecule has 4 nitrogen and oxygen atoms in total. The molecule has 92 valence electrons. The summed E-state index contributed by atoms with van der Waals surface area (Å²) in [7, 11) is 1.96. The van der Waals surface area contributed by atoms with Gasteiger partial charge in [0, 0.05) is 23.6 Å². The molecule has 0 aromatic heterocycles. The molecule has 1 aromatic rings. The minimum atomic E-state index is -0.389. The smallest absolute Gasteiger partial charge is 0.251 e. The molecular weight excluding hydrogens is 282 g/mol. The second-order valence-corrected chi connectivity index (χ2v) is 5.07. The van der Waals surface area contributed by atoms with Crippen molar-refractivity contribution >= 4 is 27.5 Å². The van der Waals surface area contributed by atoms with E-state index >= 15 is 0 Å². The van der Waals surface area contributed by atoms with E-state index < -0.39 is 0 Å². The third-order valence-corrected chi connectivity index (χ3v) is 3.84. The zero-order valence-electron chi connectivity index (χ0n) is 9.74. The predicted octanol–water partition coefficient (Wildman–Crippen LogP) is 1.35. The van der Waals surface area contributed by atoms with Crippen molar-refractivity contribution in [3.63, 3.8) is 0 Å². The molecule has 1 amide bonds. The Morgan fingerprint density at radius 1 is 1.59 bits per heavy atom. The number of likely N-dealkylation sites (N-methyl/N-ethyl adjacent to an activating group) is 1. The van der Waals surface area contributed by atoms with Gasteiger partial charge in [-0.1, -0.05) is 6.07 Å². The fourth-order valence-corrected chi connectivity index (χ4v) is 2.79. The Morgan fingerprint density at radius 2 is 2.35 bits per heavy atom. The van der Waals surface area contributed by atoms with Gasteiger partial charge in [-0.05, 0) is 41.5 Å². The highest BCUT2D eigenvalue weighted by molar-refractivity contribution is 9.10. The molecule has 0 aliphatic carbocycles. The Hall–Kier alpha value is -1.07. The summed E-state index contributed by atoms with van der Waals surface area (Å²) in [6.45, 7) is 1.86. The molecule has 1 fully saturated rings. The average molecular weight is 298 g/mol. The number of rotatable bonds is 3. The van der Waals surface area contributed by atoms with Gasteiger partial charge >= 0.3 is 0 Å². The van der Waals surface area contributed by atoms with Crippen LogP contribution >= 0.6 is 15.9 Å². The standard InChI is InChI=1S/C12H16BrN3O/c1-15-8-5-6-16(7-8)10-4-2-3-9(13)11(10)12(14)17/h2-4,8,15H,5-7H2,1H3,(H2,14,17). The maximum Gasteiger partial charge on any atom is 0.251 e. The van der Waals surface area contributed by atoms with Crippen LogP contribution < -0.4 is 16.0 Å². The number of nitrogens with two attached hydrogens (primary N) is 1. The minimum absolute atomic E-state index is 0.389. The highest BCUT2D eigenvalue weighted by Gasteiger charge is 2.25. The molecule has 2 rings (SSSR count). The van der Waals surface area contributed by atoms with E-state index in [0.29, 0.717) is 11.6 Å². The van der Waals surface area contributed by atoms with Gasteiger partial charge in [0.15, 0.2) is 0 Å². The summed E-state index contributed by atoms with van der Waals surface area (Å²) in [5.41, 5.74) is 6.93. The van der Waals surface area contributed by atoms with Gasteiger partial charge < -0.3 is 16.0 Å². The van der Waals surface area contributed by atoms with Crippen LogP contribution in [0.5, 0.6) is 0 Å². The van der Waals surface area contributed by atoms with Crippen LogP contribution in [-0.4, -0.2) is 32.1 Å². The van der Waals surface area contributed by atoms with Crippen LogP contribution in [0.25, 0.3) is 0 Å². The maximum absolute atomic E-state index is 11.5. The first-order chi connectivity index (χ1) is 8.13. The van der Waals surface area contributed by atoms with E-state index in [0.717, 1.165) is 29.7 Å². The van der Waals surface area contributed by atoms with Crippen molar-refractivity contribution in [2.75, 3.05) is 25.0 Å². The van der Waals surface area contributed by atoms with Gasteiger partial charge in [-0.3, -0.25) is 4.79 Å². The number of hydrogen-bond acceptors (Lipinski definition) is 3. The van der Waals surface area contributed by atoms with Gasteiger partial charge in [0.05, 0.1) is 11.3 Å². The summed E-state index contributed by atoms with van der Waals surface area (Å²) in [6, 6.07) is 6.20. The summed E-state index contributed by atoms with van der Waals surface area (Å²) < 4.78 is 0.760. The van der Waals surface area contributed by atoms with Gasteiger partial charge in [0.25, 0.3) is 5.91 Å².